The van der Waals surface area contributed by atoms with Gasteiger partial charge >= 0.3 is 5.97 Å². The monoisotopic (exact) mass is 208 g/mol. The molecule has 1 rings (SSSR count). The number of ether oxygens (including phenoxy) is 1. The highest BCUT2D eigenvalue weighted by Gasteiger charge is 2.01. The lowest BCUT2D eigenvalue weighted by atomic mass is 10.1. The fraction of sp³-hybridized carbons (Fsp3) is 0.250. The Hall–Kier alpha value is -1.64. The number of esters is 1. The van der Waals surface area contributed by atoms with Crippen LogP contribution < -0.4 is 0 Å². The Labute approximate surface area is 88.4 Å². The molecule has 0 N–H and O–H groups in total. The van der Waals surface area contributed by atoms with Crippen LogP contribution in [0.1, 0.15) is 19.4 Å². The molecule has 0 saturated heterocycles. The molecule has 15 heavy (non-hydrogen) atoms. The van der Waals surface area contributed by atoms with Gasteiger partial charge in [-0.1, -0.05) is 12.1 Å². The highest BCUT2D eigenvalue weighted by molar-refractivity contribution is 5.90. The normalized spacial score (nSPS) is 11.3. The van der Waals surface area contributed by atoms with Gasteiger partial charge in [0.25, 0.3) is 0 Å². The minimum atomic E-state index is -0.403. The first-order valence-electron chi connectivity index (χ1n) is 4.74. The third-order valence-electron chi connectivity index (χ3n) is 1.90. The van der Waals surface area contributed by atoms with Crippen molar-refractivity contribution < 1.29 is 13.9 Å². The van der Waals surface area contributed by atoms with Gasteiger partial charge in [0.05, 0.1) is 6.61 Å². The average Bonchev–Trinajstić information content (AvgIpc) is 2.18. The standard InChI is InChI=1S/C12H13FO2/c1-3-15-12(14)7-9(2)10-5-4-6-11(13)8-10/h4-8H,3H2,1-2H3. The zero-order valence-electron chi connectivity index (χ0n) is 8.79. The lowest BCUT2D eigenvalue weighted by Crippen LogP contribution is -2.00. The highest BCUT2D eigenvalue weighted by atomic mass is 19.1. The van der Waals surface area contributed by atoms with Gasteiger partial charge in [0.15, 0.2) is 0 Å². The minimum Gasteiger partial charge on any atom is -0.463 e. The molecule has 2 nitrogen and oxygen atoms in total. The van der Waals surface area contributed by atoms with E-state index in [9.17, 15) is 9.18 Å². The first kappa shape index (κ1) is 11.4. The van der Waals surface area contributed by atoms with E-state index in [1.807, 2.05) is 0 Å². The van der Waals surface area contributed by atoms with Crippen LogP contribution in [-0.4, -0.2) is 12.6 Å². The van der Waals surface area contributed by atoms with E-state index in [2.05, 4.69) is 0 Å². The molecule has 0 bridgehead atoms. The molecule has 0 aliphatic heterocycles. The summed E-state index contributed by atoms with van der Waals surface area (Å²) in [5.74, 6) is -0.719. The van der Waals surface area contributed by atoms with Crippen LogP contribution in [0.2, 0.25) is 0 Å². The van der Waals surface area contributed by atoms with Crippen LogP contribution in [0.4, 0.5) is 4.39 Å². The number of rotatable bonds is 3. The maximum absolute atomic E-state index is 12.9. The van der Waals surface area contributed by atoms with Crippen molar-refractivity contribution in [3.8, 4) is 0 Å². The first-order valence-corrected chi connectivity index (χ1v) is 4.74. The highest BCUT2D eigenvalue weighted by Crippen LogP contribution is 2.14. The van der Waals surface area contributed by atoms with E-state index in [1.54, 1.807) is 26.0 Å². The number of benzene rings is 1. The number of hydrogen-bond acceptors (Lipinski definition) is 2. The van der Waals surface area contributed by atoms with Crippen LogP contribution in [-0.2, 0) is 9.53 Å². The fourth-order valence-corrected chi connectivity index (χ4v) is 1.18. The molecule has 0 spiro atoms. The predicted molar refractivity (Wildman–Crippen MR) is 56.7 cm³/mol. The summed E-state index contributed by atoms with van der Waals surface area (Å²) in [5, 5.41) is 0. The SMILES string of the molecule is CCOC(=O)C=C(C)c1cccc(F)c1. The molecule has 0 radical (unpaired) electrons. The van der Waals surface area contributed by atoms with E-state index < -0.39 is 5.97 Å². The van der Waals surface area contributed by atoms with E-state index in [4.69, 9.17) is 4.74 Å². The number of hydrogen-bond donors (Lipinski definition) is 0. The van der Waals surface area contributed by atoms with Crippen molar-refractivity contribution in [1.82, 2.24) is 0 Å². The Balaban J connectivity index is 2.84. The molecule has 0 heterocycles. The molecule has 0 atom stereocenters. The molecular weight excluding hydrogens is 195 g/mol. The molecule has 0 aliphatic carbocycles. The Morgan fingerprint density at radius 1 is 1.53 bits per heavy atom. The van der Waals surface area contributed by atoms with Crippen LogP contribution in [0.15, 0.2) is 30.3 Å². The summed E-state index contributed by atoms with van der Waals surface area (Å²) in [7, 11) is 0. The van der Waals surface area contributed by atoms with Gasteiger partial charge < -0.3 is 4.74 Å². The zero-order valence-corrected chi connectivity index (χ0v) is 8.79. The molecule has 0 aliphatic rings. The first-order chi connectivity index (χ1) is 7.13. The molecule has 1 aromatic rings. The fourth-order valence-electron chi connectivity index (χ4n) is 1.18. The van der Waals surface area contributed by atoms with Gasteiger partial charge in [0.1, 0.15) is 5.82 Å². The summed E-state index contributed by atoms with van der Waals surface area (Å²) < 4.78 is 17.6. The van der Waals surface area contributed by atoms with E-state index in [1.165, 1.54) is 18.2 Å². The van der Waals surface area contributed by atoms with E-state index in [0.29, 0.717) is 17.7 Å². The average molecular weight is 208 g/mol. The Morgan fingerprint density at radius 2 is 2.27 bits per heavy atom. The van der Waals surface area contributed by atoms with Gasteiger partial charge in [-0.3, -0.25) is 0 Å². The third kappa shape index (κ3) is 3.54. The molecule has 1 aromatic carbocycles. The maximum atomic E-state index is 12.9. The van der Waals surface area contributed by atoms with Gasteiger partial charge in [-0.15, -0.1) is 0 Å². The van der Waals surface area contributed by atoms with Crippen molar-refractivity contribution in [3.05, 3.63) is 41.7 Å². The van der Waals surface area contributed by atoms with Gasteiger partial charge in [-0.2, -0.15) is 0 Å². The van der Waals surface area contributed by atoms with Crippen LogP contribution in [0, 0.1) is 5.82 Å². The summed E-state index contributed by atoms with van der Waals surface area (Å²) in [6, 6.07) is 6.09. The molecule has 0 fully saturated rings. The Bertz CT molecular complexity index is 383. The zero-order chi connectivity index (χ0) is 11.3. The van der Waals surface area contributed by atoms with Crippen LogP contribution in [0.3, 0.4) is 0 Å². The molecule has 0 unspecified atom stereocenters. The van der Waals surface area contributed by atoms with Gasteiger partial charge in [0, 0.05) is 6.08 Å². The molecule has 0 saturated carbocycles. The van der Waals surface area contributed by atoms with Crippen molar-refractivity contribution in [2.24, 2.45) is 0 Å². The largest absolute Gasteiger partial charge is 0.463 e. The Kier molecular flexibility index (Phi) is 4.03. The molecule has 3 heteroatoms. The van der Waals surface area contributed by atoms with Crippen molar-refractivity contribution >= 4 is 11.5 Å². The number of carbonyl (C=O) groups excluding carboxylic acids is 1. The topological polar surface area (TPSA) is 26.3 Å². The molecule has 80 valence electrons. The van der Waals surface area contributed by atoms with Crippen molar-refractivity contribution in [3.63, 3.8) is 0 Å². The number of allylic oxidation sites excluding steroid dienone is 1. The van der Waals surface area contributed by atoms with Crippen molar-refractivity contribution in [2.75, 3.05) is 6.61 Å². The van der Waals surface area contributed by atoms with Crippen LogP contribution >= 0.6 is 0 Å². The van der Waals surface area contributed by atoms with Crippen molar-refractivity contribution in [2.45, 2.75) is 13.8 Å². The summed E-state index contributed by atoms with van der Waals surface area (Å²) in [5.41, 5.74) is 1.37. The van der Waals surface area contributed by atoms with Gasteiger partial charge in [0.2, 0.25) is 0 Å². The predicted octanol–water partition coefficient (Wildman–Crippen LogP) is 2.79. The van der Waals surface area contributed by atoms with E-state index in [0.717, 1.165) is 0 Å². The molecule has 0 amide bonds. The lowest BCUT2D eigenvalue weighted by Gasteiger charge is -2.01. The summed E-state index contributed by atoms with van der Waals surface area (Å²) in [4.78, 5) is 11.1. The van der Waals surface area contributed by atoms with E-state index >= 15 is 0 Å². The summed E-state index contributed by atoms with van der Waals surface area (Å²) >= 11 is 0. The van der Waals surface area contributed by atoms with Crippen LogP contribution in [0.25, 0.3) is 5.57 Å². The minimum absolute atomic E-state index is 0.316. The van der Waals surface area contributed by atoms with Gasteiger partial charge in [-0.25, -0.2) is 9.18 Å². The lowest BCUT2D eigenvalue weighted by molar-refractivity contribution is -0.137. The summed E-state index contributed by atoms with van der Waals surface area (Å²) in [6.07, 6.45) is 1.36. The molecular formula is C12H13FO2. The van der Waals surface area contributed by atoms with Crippen LogP contribution in [0.5, 0.6) is 0 Å². The Morgan fingerprint density at radius 3 is 2.87 bits per heavy atom. The summed E-state index contributed by atoms with van der Waals surface area (Å²) in [6.45, 7) is 3.82. The van der Waals surface area contributed by atoms with E-state index in [-0.39, 0.29) is 5.82 Å². The third-order valence-corrected chi connectivity index (χ3v) is 1.90. The van der Waals surface area contributed by atoms with Gasteiger partial charge in [-0.05, 0) is 37.1 Å². The second-order valence-electron chi connectivity index (χ2n) is 3.09. The second kappa shape index (κ2) is 5.29. The smallest absolute Gasteiger partial charge is 0.331 e. The molecule has 0 aromatic heterocycles. The number of carbonyl (C=O) groups is 1. The quantitative estimate of drug-likeness (QED) is 0.564. The number of halogens is 1. The van der Waals surface area contributed by atoms with Crippen molar-refractivity contribution in [1.29, 1.82) is 0 Å². The second-order valence-corrected chi connectivity index (χ2v) is 3.09. The maximum Gasteiger partial charge on any atom is 0.331 e.